The zero-order chi connectivity index (χ0) is 14.4. The first-order valence-electron chi connectivity index (χ1n) is 7.79. The molecule has 0 radical (unpaired) electrons. The molecule has 2 aliphatic rings. The second-order valence-electron chi connectivity index (χ2n) is 6.28. The number of hydrogen-bond acceptors (Lipinski definition) is 5. The Labute approximate surface area is 123 Å². The molecular formula is C15H21N5O. The Morgan fingerprint density at radius 3 is 2.76 bits per heavy atom. The van der Waals surface area contributed by atoms with Crippen LogP contribution in [0.25, 0.3) is 0 Å². The zero-order valence-electron chi connectivity index (χ0n) is 12.6. The molecule has 0 atom stereocenters. The Balaban J connectivity index is 1.49. The number of nitrogens with zero attached hydrogens (tertiary/aromatic N) is 4. The van der Waals surface area contributed by atoms with Gasteiger partial charge in [-0.15, -0.1) is 0 Å². The van der Waals surface area contributed by atoms with Crippen molar-refractivity contribution in [1.82, 2.24) is 25.2 Å². The third-order valence-corrected chi connectivity index (χ3v) is 4.39. The third kappa shape index (κ3) is 2.72. The minimum Gasteiger partial charge on any atom is -0.337 e. The van der Waals surface area contributed by atoms with E-state index < -0.39 is 0 Å². The van der Waals surface area contributed by atoms with Gasteiger partial charge in [0.25, 0.3) is 0 Å². The summed E-state index contributed by atoms with van der Waals surface area (Å²) in [5.74, 6) is 2.05. The SMILES string of the molecule is Cc1nn(Cc2nc(C3CC3)no2)c(C)c1CNC1CC1. The normalized spacial score (nSPS) is 18.4. The predicted octanol–water partition coefficient (Wildman–Crippen LogP) is 2.06. The van der Waals surface area contributed by atoms with E-state index in [-0.39, 0.29) is 0 Å². The second kappa shape index (κ2) is 4.94. The fraction of sp³-hybridized carbons (Fsp3) is 0.667. The average Bonchev–Trinajstić information content (AvgIpc) is 3.38. The molecule has 0 unspecified atom stereocenters. The maximum absolute atomic E-state index is 5.34. The van der Waals surface area contributed by atoms with Crippen LogP contribution < -0.4 is 5.32 Å². The molecule has 2 aromatic heterocycles. The minimum absolute atomic E-state index is 0.529. The summed E-state index contributed by atoms with van der Waals surface area (Å²) >= 11 is 0. The van der Waals surface area contributed by atoms with Gasteiger partial charge in [0.05, 0.1) is 5.69 Å². The van der Waals surface area contributed by atoms with Crippen LogP contribution in [0.3, 0.4) is 0 Å². The van der Waals surface area contributed by atoms with Gasteiger partial charge in [-0.2, -0.15) is 10.1 Å². The van der Waals surface area contributed by atoms with Crippen molar-refractivity contribution in [2.75, 3.05) is 0 Å². The van der Waals surface area contributed by atoms with Crippen molar-refractivity contribution >= 4 is 0 Å². The lowest BCUT2D eigenvalue weighted by Crippen LogP contribution is -2.16. The maximum atomic E-state index is 5.34. The van der Waals surface area contributed by atoms with Gasteiger partial charge in [0.1, 0.15) is 6.54 Å². The van der Waals surface area contributed by atoms with Gasteiger partial charge >= 0.3 is 0 Å². The first-order valence-corrected chi connectivity index (χ1v) is 7.79. The van der Waals surface area contributed by atoms with Crippen LogP contribution in [0.5, 0.6) is 0 Å². The van der Waals surface area contributed by atoms with E-state index in [0.717, 1.165) is 18.1 Å². The van der Waals surface area contributed by atoms with Crippen molar-refractivity contribution in [3.8, 4) is 0 Å². The highest BCUT2D eigenvalue weighted by Crippen LogP contribution is 2.38. The highest BCUT2D eigenvalue weighted by molar-refractivity contribution is 5.25. The molecule has 6 heteroatoms. The standard InChI is InChI=1S/C15H21N5O/c1-9-13(7-16-12-5-6-12)10(2)20(18-9)8-14-17-15(19-21-14)11-3-4-11/h11-12,16H,3-8H2,1-2H3. The molecule has 4 rings (SSSR count). The monoisotopic (exact) mass is 287 g/mol. The first kappa shape index (κ1) is 13.0. The maximum Gasteiger partial charge on any atom is 0.248 e. The summed E-state index contributed by atoms with van der Waals surface area (Å²) in [6.45, 7) is 5.65. The van der Waals surface area contributed by atoms with Gasteiger partial charge in [-0.25, -0.2) is 0 Å². The van der Waals surface area contributed by atoms with E-state index in [1.54, 1.807) is 0 Å². The highest BCUT2D eigenvalue weighted by atomic mass is 16.5. The second-order valence-corrected chi connectivity index (χ2v) is 6.28. The van der Waals surface area contributed by atoms with Crippen LogP contribution in [0.15, 0.2) is 4.52 Å². The smallest absolute Gasteiger partial charge is 0.248 e. The lowest BCUT2D eigenvalue weighted by Gasteiger charge is -2.04. The molecule has 21 heavy (non-hydrogen) atoms. The molecule has 2 fully saturated rings. The van der Waals surface area contributed by atoms with Gasteiger partial charge in [-0.05, 0) is 39.5 Å². The molecule has 0 spiro atoms. The summed E-state index contributed by atoms with van der Waals surface area (Å²) in [5, 5.41) is 12.2. The van der Waals surface area contributed by atoms with Gasteiger partial charge < -0.3 is 9.84 Å². The summed E-state index contributed by atoms with van der Waals surface area (Å²) in [4.78, 5) is 4.48. The van der Waals surface area contributed by atoms with Crippen LogP contribution >= 0.6 is 0 Å². The average molecular weight is 287 g/mol. The van der Waals surface area contributed by atoms with Gasteiger partial charge in [0.2, 0.25) is 5.89 Å². The van der Waals surface area contributed by atoms with E-state index in [4.69, 9.17) is 4.52 Å². The van der Waals surface area contributed by atoms with E-state index in [2.05, 4.69) is 34.4 Å². The molecule has 2 aliphatic carbocycles. The molecule has 112 valence electrons. The van der Waals surface area contributed by atoms with Crippen LogP contribution in [0.1, 0.15) is 60.3 Å². The van der Waals surface area contributed by atoms with Crippen LogP contribution in [-0.2, 0) is 13.1 Å². The number of rotatable bonds is 6. The molecule has 0 amide bonds. The predicted molar refractivity (Wildman–Crippen MR) is 76.9 cm³/mol. The van der Waals surface area contributed by atoms with Crippen LogP contribution in [-0.4, -0.2) is 26.0 Å². The first-order chi connectivity index (χ1) is 10.2. The highest BCUT2D eigenvalue weighted by Gasteiger charge is 2.29. The topological polar surface area (TPSA) is 68.8 Å². The Kier molecular flexibility index (Phi) is 3.06. The molecule has 1 N–H and O–H groups in total. The van der Waals surface area contributed by atoms with Crippen molar-refractivity contribution in [1.29, 1.82) is 0 Å². The largest absolute Gasteiger partial charge is 0.337 e. The Hall–Kier alpha value is -1.69. The molecular weight excluding hydrogens is 266 g/mol. The van der Waals surface area contributed by atoms with Crippen molar-refractivity contribution < 1.29 is 4.52 Å². The van der Waals surface area contributed by atoms with Crippen LogP contribution in [0.4, 0.5) is 0 Å². The van der Waals surface area contributed by atoms with Crippen molar-refractivity contribution in [3.63, 3.8) is 0 Å². The lowest BCUT2D eigenvalue weighted by atomic mass is 10.2. The van der Waals surface area contributed by atoms with E-state index in [1.165, 1.54) is 36.9 Å². The molecule has 6 nitrogen and oxygen atoms in total. The van der Waals surface area contributed by atoms with E-state index in [9.17, 15) is 0 Å². The van der Waals surface area contributed by atoms with Crippen LogP contribution in [0, 0.1) is 13.8 Å². The van der Waals surface area contributed by atoms with Crippen LogP contribution in [0.2, 0.25) is 0 Å². The van der Waals surface area contributed by atoms with Crippen molar-refractivity contribution in [2.24, 2.45) is 0 Å². The summed E-state index contributed by atoms with van der Waals surface area (Å²) < 4.78 is 7.32. The van der Waals surface area contributed by atoms with E-state index in [0.29, 0.717) is 24.4 Å². The number of aryl methyl sites for hydroxylation is 1. The van der Waals surface area contributed by atoms with Crippen molar-refractivity contribution in [2.45, 2.75) is 64.6 Å². The number of nitrogens with one attached hydrogen (secondary N) is 1. The minimum atomic E-state index is 0.529. The quantitative estimate of drug-likeness (QED) is 0.880. The summed E-state index contributed by atoms with van der Waals surface area (Å²) in [5.41, 5.74) is 3.57. The fourth-order valence-corrected chi connectivity index (χ4v) is 2.65. The molecule has 2 heterocycles. The summed E-state index contributed by atoms with van der Waals surface area (Å²) in [6, 6.07) is 0.712. The molecule has 0 aliphatic heterocycles. The van der Waals surface area contributed by atoms with Gasteiger partial charge in [-0.3, -0.25) is 4.68 Å². The summed E-state index contributed by atoms with van der Waals surface area (Å²) in [7, 11) is 0. The zero-order valence-corrected chi connectivity index (χ0v) is 12.6. The lowest BCUT2D eigenvalue weighted by molar-refractivity contribution is 0.360. The molecule has 0 aromatic carbocycles. The van der Waals surface area contributed by atoms with E-state index in [1.807, 2.05) is 4.68 Å². The molecule has 2 saturated carbocycles. The summed E-state index contributed by atoms with van der Waals surface area (Å²) in [6.07, 6.45) is 4.99. The third-order valence-electron chi connectivity index (χ3n) is 4.39. The number of aromatic nitrogens is 4. The fourth-order valence-electron chi connectivity index (χ4n) is 2.65. The Morgan fingerprint density at radius 2 is 2.05 bits per heavy atom. The van der Waals surface area contributed by atoms with Gasteiger partial charge in [-0.1, -0.05) is 5.16 Å². The Morgan fingerprint density at radius 1 is 1.24 bits per heavy atom. The van der Waals surface area contributed by atoms with Gasteiger partial charge in [0.15, 0.2) is 5.82 Å². The Bertz CT molecular complexity index is 651. The van der Waals surface area contributed by atoms with E-state index >= 15 is 0 Å². The van der Waals surface area contributed by atoms with Gasteiger partial charge in [0, 0.05) is 29.8 Å². The molecule has 0 bridgehead atoms. The molecule has 0 saturated heterocycles. The van der Waals surface area contributed by atoms with Crippen molar-refractivity contribution in [3.05, 3.63) is 28.7 Å². The number of hydrogen-bond donors (Lipinski definition) is 1. The molecule has 2 aromatic rings.